The molecule has 0 aliphatic carbocycles. The van der Waals surface area contributed by atoms with Gasteiger partial charge >= 0.3 is 6.18 Å². The molecule has 1 amide bonds. The smallest absolute Gasteiger partial charge is 0.433 e. The third kappa shape index (κ3) is 6.72. The third-order valence-corrected chi connectivity index (χ3v) is 4.17. The van der Waals surface area contributed by atoms with Crippen LogP contribution in [0.5, 0.6) is 5.88 Å². The van der Waals surface area contributed by atoms with E-state index in [4.69, 9.17) is 4.74 Å². The van der Waals surface area contributed by atoms with Crippen LogP contribution in [-0.4, -0.2) is 32.7 Å². The largest absolute Gasteiger partial charge is 0.481 e. The molecule has 2 N–H and O–H groups in total. The molecule has 0 bridgehead atoms. The molecule has 0 saturated heterocycles. The number of anilines is 1. The van der Waals surface area contributed by atoms with Crippen molar-refractivity contribution in [3.8, 4) is 5.88 Å². The molecule has 7 nitrogen and oxygen atoms in total. The van der Waals surface area contributed by atoms with Crippen molar-refractivity contribution in [2.45, 2.75) is 12.7 Å². The lowest BCUT2D eigenvalue weighted by molar-refractivity contribution is -0.141. The van der Waals surface area contributed by atoms with Crippen LogP contribution in [0, 0.1) is 5.82 Å². The van der Waals surface area contributed by atoms with E-state index in [1.807, 2.05) is 4.72 Å². The quantitative estimate of drug-likeness (QED) is 0.503. The Bertz CT molecular complexity index is 1070. The Balaban J connectivity index is 2.03. The van der Waals surface area contributed by atoms with E-state index in [9.17, 15) is 30.8 Å². The number of aromatic nitrogens is 1. The lowest BCUT2D eigenvalue weighted by Crippen LogP contribution is -2.20. The van der Waals surface area contributed by atoms with E-state index < -0.39 is 33.6 Å². The Morgan fingerprint density at radius 2 is 1.93 bits per heavy atom. The van der Waals surface area contributed by atoms with E-state index in [1.54, 1.807) is 0 Å². The molecular weight excluding hydrogens is 430 g/mol. The van der Waals surface area contributed by atoms with Crippen LogP contribution in [0.1, 0.15) is 16.8 Å². The van der Waals surface area contributed by atoms with Gasteiger partial charge in [0.2, 0.25) is 21.8 Å². The highest BCUT2D eigenvalue weighted by molar-refractivity contribution is 7.92. The lowest BCUT2D eigenvalue weighted by atomic mass is 10.2. The van der Waals surface area contributed by atoms with Crippen molar-refractivity contribution in [3.63, 3.8) is 0 Å². The minimum absolute atomic E-state index is 0.0678. The molecule has 162 valence electrons. The molecule has 2 rings (SSSR count). The van der Waals surface area contributed by atoms with E-state index in [0.717, 1.165) is 37.6 Å². The van der Waals surface area contributed by atoms with Gasteiger partial charge in [0.1, 0.15) is 11.5 Å². The summed E-state index contributed by atoms with van der Waals surface area (Å²) in [7, 11) is -2.49. The van der Waals surface area contributed by atoms with Gasteiger partial charge in [-0.3, -0.25) is 9.52 Å². The first kappa shape index (κ1) is 23.1. The number of ether oxygens (including phenoxy) is 1. The maximum Gasteiger partial charge on any atom is 0.433 e. The van der Waals surface area contributed by atoms with Crippen molar-refractivity contribution in [1.82, 2.24) is 10.3 Å². The fourth-order valence-corrected chi connectivity index (χ4v) is 2.83. The average molecular weight is 447 g/mol. The van der Waals surface area contributed by atoms with E-state index in [1.165, 1.54) is 18.2 Å². The molecule has 1 aromatic carbocycles. The predicted octanol–water partition coefficient (Wildman–Crippen LogP) is 2.95. The summed E-state index contributed by atoms with van der Waals surface area (Å²) in [4.78, 5) is 15.3. The number of pyridine rings is 1. The minimum Gasteiger partial charge on any atom is -0.481 e. The summed E-state index contributed by atoms with van der Waals surface area (Å²) in [6, 6.07) is 5.56. The summed E-state index contributed by atoms with van der Waals surface area (Å²) in [5.74, 6) is -1.72. The third-order valence-electron chi connectivity index (χ3n) is 3.58. The van der Waals surface area contributed by atoms with Gasteiger partial charge in [0.05, 0.1) is 19.1 Å². The van der Waals surface area contributed by atoms with Crippen molar-refractivity contribution in [3.05, 3.63) is 59.0 Å². The summed E-state index contributed by atoms with van der Waals surface area (Å²) in [6.45, 7) is -0.0678. The second-order valence-electron chi connectivity index (χ2n) is 6.03. The number of sulfonamides is 1. The Labute approximate surface area is 169 Å². The van der Waals surface area contributed by atoms with E-state index in [2.05, 4.69) is 10.3 Å². The van der Waals surface area contributed by atoms with E-state index >= 15 is 0 Å². The molecule has 0 aliphatic rings. The summed E-state index contributed by atoms with van der Waals surface area (Å²) < 4.78 is 81.1. The molecule has 0 radical (unpaired) electrons. The number of rotatable bonds is 7. The van der Waals surface area contributed by atoms with Gasteiger partial charge in [0, 0.05) is 18.2 Å². The summed E-state index contributed by atoms with van der Waals surface area (Å²) in [5, 5.41) is 2.46. The number of hydrogen-bond donors (Lipinski definition) is 2. The predicted molar refractivity (Wildman–Crippen MR) is 102 cm³/mol. The van der Waals surface area contributed by atoms with Gasteiger partial charge in [-0.25, -0.2) is 17.8 Å². The normalized spacial score (nSPS) is 12.1. The van der Waals surface area contributed by atoms with Crippen molar-refractivity contribution >= 4 is 27.7 Å². The molecule has 0 unspecified atom stereocenters. The lowest BCUT2D eigenvalue weighted by Gasteiger charge is -2.09. The van der Waals surface area contributed by atoms with Crippen molar-refractivity contribution < 1.29 is 35.5 Å². The number of hydrogen-bond acceptors (Lipinski definition) is 5. The van der Waals surface area contributed by atoms with Gasteiger partial charge < -0.3 is 10.1 Å². The van der Waals surface area contributed by atoms with E-state index in [0.29, 0.717) is 5.56 Å². The van der Waals surface area contributed by atoms with Crippen LogP contribution in [0.25, 0.3) is 6.08 Å². The zero-order valence-corrected chi connectivity index (χ0v) is 16.6. The molecule has 30 heavy (non-hydrogen) atoms. The number of carbonyl (C=O) groups is 1. The molecule has 1 aromatic heterocycles. The first-order valence-corrected chi connectivity index (χ1v) is 10.1. The highest BCUT2D eigenvalue weighted by atomic mass is 32.2. The van der Waals surface area contributed by atoms with Crippen LogP contribution in [-0.2, 0) is 27.5 Å². The molecule has 12 heteroatoms. The average Bonchev–Trinajstić information content (AvgIpc) is 2.64. The number of nitrogens with zero attached hydrogens (tertiary/aromatic N) is 1. The summed E-state index contributed by atoms with van der Waals surface area (Å²) >= 11 is 0. The Hall–Kier alpha value is -3.15. The van der Waals surface area contributed by atoms with E-state index in [-0.39, 0.29) is 23.7 Å². The molecule has 0 atom stereocenters. The van der Waals surface area contributed by atoms with Gasteiger partial charge in [0.15, 0.2) is 0 Å². The minimum atomic E-state index is -4.63. The SMILES string of the molecule is COc1nc(C(F)(F)F)ccc1/C=C/C(=O)NCc1ccc(NS(C)(=O)=O)c(F)c1. The van der Waals surface area contributed by atoms with Crippen LogP contribution < -0.4 is 14.8 Å². The van der Waals surface area contributed by atoms with Gasteiger partial charge in [-0.05, 0) is 35.9 Å². The number of alkyl halides is 3. The van der Waals surface area contributed by atoms with Crippen LogP contribution >= 0.6 is 0 Å². The standard InChI is InChI=1S/C18H17F4N3O4S/c1-29-17-12(4-7-15(24-17)18(20,21)22)5-8-16(26)23-10-11-3-6-14(13(19)9-11)25-30(2,27)28/h3-9,25H,10H2,1-2H3,(H,23,26)/b8-5+. The monoisotopic (exact) mass is 447 g/mol. The van der Waals surface area contributed by atoms with Gasteiger partial charge in [-0.2, -0.15) is 13.2 Å². The zero-order valence-electron chi connectivity index (χ0n) is 15.7. The zero-order chi connectivity index (χ0) is 22.5. The van der Waals surface area contributed by atoms with Gasteiger partial charge in [-0.1, -0.05) is 6.07 Å². The molecule has 0 fully saturated rings. The first-order chi connectivity index (χ1) is 13.9. The van der Waals surface area contributed by atoms with Gasteiger partial charge in [0.25, 0.3) is 0 Å². The molecule has 0 spiro atoms. The maximum atomic E-state index is 13.9. The van der Waals surface area contributed by atoms with Gasteiger partial charge in [-0.15, -0.1) is 0 Å². The second-order valence-corrected chi connectivity index (χ2v) is 7.78. The summed E-state index contributed by atoms with van der Waals surface area (Å²) in [6.07, 6.45) is -1.47. The topological polar surface area (TPSA) is 97.4 Å². The van der Waals surface area contributed by atoms with Crippen LogP contribution in [0.3, 0.4) is 0 Å². The second kappa shape index (κ2) is 9.11. The number of carbonyl (C=O) groups excluding carboxylic acids is 1. The fraction of sp³-hybridized carbons (Fsp3) is 0.222. The number of benzene rings is 1. The van der Waals surface area contributed by atoms with Crippen LogP contribution in [0.15, 0.2) is 36.4 Å². The maximum absolute atomic E-state index is 13.9. The van der Waals surface area contributed by atoms with Crippen LogP contribution in [0.2, 0.25) is 0 Å². The van der Waals surface area contributed by atoms with Crippen molar-refractivity contribution in [1.29, 1.82) is 0 Å². The Kier molecular flexibility index (Phi) is 7.03. The van der Waals surface area contributed by atoms with Crippen LogP contribution in [0.4, 0.5) is 23.2 Å². The molecular formula is C18H17F4N3O4S. The van der Waals surface area contributed by atoms with Crippen molar-refractivity contribution in [2.24, 2.45) is 0 Å². The Morgan fingerprint density at radius 1 is 1.23 bits per heavy atom. The number of amides is 1. The Morgan fingerprint density at radius 3 is 2.50 bits per heavy atom. The highest BCUT2D eigenvalue weighted by Crippen LogP contribution is 2.30. The van der Waals surface area contributed by atoms with Crippen molar-refractivity contribution in [2.75, 3.05) is 18.1 Å². The highest BCUT2D eigenvalue weighted by Gasteiger charge is 2.33. The molecule has 1 heterocycles. The molecule has 2 aromatic rings. The fourth-order valence-electron chi connectivity index (χ4n) is 2.26. The summed E-state index contributed by atoms with van der Waals surface area (Å²) in [5.41, 5.74) is -0.837. The number of nitrogens with one attached hydrogen (secondary N) is 2. The first-order valence-electron chi connectivity index (χ1n) is 8.23. The number of methoxy groups -OCH3 is 1. The molecule has 0 aliphatic heterocycles. The number of halogens is 4. The molecule has 0 saturated carbocycles.